The van der Waals surface area contributed by atoms with Crippen molar-refractivity contribution in [3.05, 3.63) is 78.4 Å². The number of aryl methyl sites for hydroxylation is 1. The first-order valence-corrected chi connectivity index (χ1v) is 6.76. The number of hydrogen-bond acceptors (Lipinski definition) is 1. The summed E-state index contributed by atoms with van der Waals surface area (Å²) in [5.74, 6) is 0. The van der Waals surface area contributed by atoms with E-state index in [1.54, 1.807) is 0 Å². The molecule has 2 N–H and O–H groups in total. The molecule has 1 nitrogen and oxygen atoms in total. The molecule has 0 aliphatic carbocycles. The van der Waals surface area contributed by atoms with E-state index in [1.807, 2.05) is 18.2 Å². The summed E-state index contributed by atoms with van der Waals surface area (Å²) in [6.45, 7) is 2.08. The van der Waals surface area contributed by atoms with E-state index in [1.165, 1.54) is 16.7 Å². The summed E-state index contributed by atoms with van der Waals surface area (Å²) in [5, 5.41) is 0. The van der Waals surface area contributed by atoms with Gasteiger partial charge in [0.05, 0.1) is 0 Å². The molecule has 98 valence electrons. The van der Waals surface area contributed by atoms with Crippen LogP contribution in [0.2, 0.25) is 0 Å². The van der Waals surface area contributed by atoms with Crippen molar-refractivity contribution in [1.29, 1.82) is 0 Å². The molecule has 0 spiro atoms. The lowest BCUT2D eigenvalue weighted by atomic mass is 9.98. The molecule has 0 fully saturated rings. The van der Waals surface area contributed by atoms with Crippen LogP contribution in [0.3, 0.4) is 0 Å². The van der Waals surface area contributed by atoms with Gasteiger partial charge in [0.2, 0.25) is 0 Å². The van der Waals surface area contributed by atoms with Gasteiger partial charge in [-0.2, -0.15) is 0 Å². The smallest absolute Gasteiger partial charge is 0.0393 e. The third-order valence-corrected chi connectivity index (χ3v) is 3.51. The number of rotatable bonds is 2. The Morgan fingerprint density at radius 2 is 1.25 bits per heavy atom. The van der Waals surface area contributed by atoms with Crippen molar-refractivity contribution < 1.29 is 0 Å². The van der Waals surface area contributed by atoms with Crippen molar-refractivity contribution in [1.82, 2.24) is 0 Å². The standard InChI is InChI=1S/C19H17N/c1-14-7-12-19(20)18(13-14)17-10-8-16(9-11-17)15-5-3-2-4-6-15/h2-13H,20H2,1H3. The van der Waals surface area contributed by atoms with Gasteiger partial charge in [0, 0.05) is 11.3 Å². The summed E-state index contributed by atoms with van der Waals surface area (Å²) < 4.78 is 0. The quantitative estimate of drug-likeness (QED) is 0.650. The van der Waals surface area contributed by atoms with Crippen LogP contribution in [0.5, 0.6) is 0 Å². The molecule has 0 saturated heterocycles. The Hall–Kier alpha value is -2.54. The van der Waals surface area contributed by atoms with Crippen LogP contribution in [-0.2, 0) is 0 Å². The Kier molecular flexibility index (Phi) is 3.26. The lowest BCUT2D eigenvalue weighted by molar-refractivity contribution is 1.46. The fraction of sp³-hybridized carbons (Fsp3) is 0.0526. The molecule has 0 atom stereocenters. The van der Waals surface area contributed by atoms with Crippen LogP contribution in [0.25, 0.3) is 22.3 Å². The van der Waals surface area contributed by atoms with E-state index in [4.69, 9.17) is 5.73 Å². The maximum Gasteiger partial charge on any atom is 0.0393 e. The highest BCUT2D eigenvalue weighted by molar-refractivity contribution is 5.78. The predicted molar refractivity (Wildman–Crippen MR) is 86.5 cm³/mol. The van der Waals surface area contributed by atoms with Gasteiger partial charge < -0.3 is 5.73 Å². The summed E-state index contributed by atoms with van der Waals surface area (Å²) in [4.78, 5) is 0. The van der Waals surface area contributed by atoms with Crippen molar-refractivity contribution in [2.75, 3.05) is 5.73 Å². The monoisotopic (exact) mass is 259 g/mol. The van der Waals surface area contributed by atoms with E-state index in [-0.39, 0.29) is 0 Å². The Balaban J connectivity index is 2.00. The van der Waals surface area contributed by atoms with Crippen LogP contribution in [0.4, 0.5) is 5.69 Å². The summed E-state index contributed by atoms with van der Waals surface area (Å²) >= 11 is 0. The zero-order chi connectivity index (χ0) is 13.9. The van der Waals surface area contributed by atoms with Crippen LogP contribution < -0.4 is 5.73 Å². The van der Waals surface area contributed by atoms with Gasteiger partial charge in [-0.15, -0.1) is 0 Å². The maximum absolute atomic E-state index is 6.07. The van der Waals surface area contributed by atoms with Crippen molar-refractivity contribution in [3.8, 4) is 22.3 Å². The van der Waals surface area contributed by atoms with Crippen LogP contribution >= 0.6 is 0 Å². The second kappa shape index (κ2) is 5.22. The van der Waals surface area contributed by atoms with Gasteiger partial charge in [0.25, 0.3) is 0 Å². The molecule has 0 aliphatic rings. The molecule has 0 amide bonds. The molecule has 0 unspecified atom stereocenters. The average molecular weight is 259 g/mol. The third-order valence-electron chi connectivity index (χ3n) is 3.51. The maximum atomic E-state index is 6.07. The molecule has 3 rings (SSSR count). The van der Waals surface area contributed by atoms with Gasteiger partial charge >= 0.3 is 0 Å². The minimum absolute atomic E-state index is 0.822. The van der Waals surface area contributed by atoms with Gasteiger partial charge in [0.15, 0.2) is 0 Å². The molecule has 20 heavy (non-hydrogen) atoms. The molecule has 0 radical (unpaired) electrons. The van der Waals surface area contributed by atoms with Gasteiger partial charge in [-0.05, 0) is 35.7 Å². The number of benzene rings is 3. The predicted octanol–water partition coefficient (Wildman–Crippen LogP) is 4.91. The molecule has 0 aromatic heterocycles. The van der Waals surface area contributed by atoms with E-state index >= 15 is 0 Å². The first-order chi connectivity index (χ1) is 9.74. The van der Waals surface area contributed by atoms with Gasteiger partial charge in [-0.3, -0.25) is 0 Å². The molecule has 3 aromatic carbocycles. The molecular weight excluding hydrogens is 242 g/mol. The summed E-state index contributed by atoms with van der Waals surface area (Å²) in [6.07, 6.45) is 0. The molecule has 0 bridgehead atoms. The largest absolute Gasteiger partial charge is 0.398 e. The van der Waals surface area contributed by atoms with E-state index in [0.717, 1.165) is 16.8 Å². The van der Waals surface area contributed by atoms with E-state index < -0.39 is 0 Å². The van der Waals surface area contributed by atoms with Crippen LogP contribution in [-0.4, -0.2) is 0 Å². The molecule has 0 aliphatic heterocycles. The van der Waals surface area contributed by atoms with E-state index in [0.29, 0.717) is 0 Å². The highest BCUT2D eigenvalue weighted by Gasteiger charge is 2.03. The van der Waals surface area contributed by atoms with Crippen molar-refractivity contribution in [3.63, 3.8) is 0 Å². The fourth-order valence-electron chi connectivity index (χ4n) is 2.39. The summed E-state index contributed by atoms with van der Waals surface area (Å²) in [7, 11) is 0. The number of hydrogen-bond donors (Lipinski definition) is 1. The van der Waals surface area contributed by atoms with Crippen LogP contribution in [0, 0.1) is 6.92 Å². The minimum atomic E-state index is 0.822. The van der Waals surface area contributed by atoms with Crippen molar-refractivity contribution in [2.24, 2.45) is 0 Å². The fourth-order valence-corrected chi connectivity index (χ4v) is 2.39. The second-order valence-electron chi connectivity index (χ2n) is 5.03. The van der Waals surface area contributed by atoms with Crippen LogP contribution in [0.1, 0.15) is 5.56 Å². The summed E-state index contributed by atoms with van der Waals surface area (Å²) in [5.41, 5.74) is 12.8. The SMILES string of the molecule is Cc1ccc(N)c(-c2ccc(-c3ccccc3)cc2)c1. The molecule has 0 heterocycles. The molecule has 3 aromatic rings. The normalized spacial score (nSPS) is 10.4. The Morgan fingerprint density at radius 3 is 1.95 bits per heavy atom. The lowest BCUT2D eigenvalue weighted by Crippen LogP contribution is -1.90. The topological polar surface area (TPSA) is 26.0 Å². The summed E-state index contributed by atoms with van der Waals surface area (Å²) in [6, 6.07) is 25.1. The van der Waals surface area contributed by atoms with Crippen molar-refractivity contribution in [2.45, 2.75) is 6.92 Å². The highest BCUT2D eigenvalue weighted by atomic mass is 14.6. The highest BCUT2D eigenvalue weighted by Crippen LogP contribution is 2.29. The zero-order valence-corrected chi connectivity index (χ0v) is 11.5. The van der Waals surface area contributed by atoms with Crippen molar-refractivity contribution >= 4 is 5.69 Å². The average Bonchev–Trinajstić information content (AvgIpc) is 2.51. The zero-order valence-electron chi connectivity index (χ0n) is 11.5. The lowest BCUT2D eigenvalue weighted by Gasteiger charge is -2.08. The number of nitrogens with two attached hydrogens (primary N) is 1. The third kappa shape index (κ3) is 2.43. The number of anilines is 1. The Labute approximate surface area is 119 Å². The van der Waals surface area contributed by atoms with Crippen LogP contribution in [0.15, 0.2) is 72.8 Å². The first kappa shape index (κ1) is 12.5. The molecular formula is C19H17N. The van der Waals surface area contributed by atoms with Gasteiger partial charge in [-0.25, -0.2) is 0 Å². The minimum Gasteiger partial charge on any atom is -0.398 e. The first-order valence-electron chi connectivity index (χ1n) is 6.76. The second-order valence-corrected chi connectivity index (χ2v) is 5.03. The van der Waals surface area contributed by atoms with Gasteiger partial charge in [-0.1, -0.05) is 66.2 Å². The number of nitrogen functional groups attached to an aromatic ring is 1. The molecule has 0 saturated carbocycles. The molecule has 1 heteroatoms. The Morgan fingerprint density at radius 1 is 0.650 bits per heavy atom. The van der Waals surface area contributed by atoms with Gasteiger partial charge in [0.1, 0.15) is 0 Å². The van der Waals surface area contributed by atoms with E-state index in [2.05, 4.69) is 61.5 Å². The Bertz CT molecular complexity index is 713. The van der Waals surface area contributed by atoms with E-state index in [9.17, 15) is 0 Å².